The van der Waals surface area contributed by atoms with Crippen molar-refractivity contribution >= 4 is 23.5 Å². The van der Waals surface area contributed by atoms with Gasteiger partial charge in [-0.3, -0.25) is 4.79 Å². The van der Waals surface area contributed by atoms with Gasteiger partial charge in [0.05, 0.1) is 35.9 Å². The molecule has 2 aromatic heterocycles. The van der Waals surface area contributed by atoms with Crippen LogP contribution in [0.5, 0.6) is 0 Å². The molecule has 1 fully saturated rings. The fraction of sp³-hybridized carbons (Fsp3) is 0.375. The minimum atomic E-state index is -0.165. The number of carbonyl (C=O) groups is 1. The van der Waals surface area contributed by atoms with E-state index in [0.717, 1.165) is 47.1 Å². The molecule has 0 aliphatic carbocycles. The number of anilines is 1. The summed E-state index contributed by atoms with van der Waals surface area (Å²) in [5.41, 5.74) is 4.47. The molecular formula is C24H27N5O2S. The molecule has 1 saturated heterocycles. The zero-order valence-electron chi connectivity index (χ0n) is 18.6. The number of ether oxygens (including phenoxy) is 1. The Labute approximate surface area is 192 Å². The second-order valence-electron chi connectivity index (χ2n) is 7.98. The number of rotatable bonds is 7. The third-order valence-electron chi connectivity index (χ3n) is 5.96. The van der Waals surface area contributed by atoms with Gasteiger partial charge < -0.3 is 19.2 Å². The number of imidazole rings is 1. The fourth-order valence-corrected chi connectivity index (χ4v) is 4.80. The number of nitrogens with zero attached hydrogens (tertiary/aromatic N) is 4. The van der Waals surface area contributed by atoms with Gasteiger partial charge in [-0.25, -0.2) is 4.98 Å². The second-order valence-corrected chi connectivity index (χ2v) is 8.92. The minimum Gasteiger partial charge on any atom is -0.376 e. The average Bonchev–Trinajstić information content (AvgIpc) is 3.50. The predicted octanol–water partition coefficient (Wildman–Crippen LogP) is 4.29. The molecule has 0 spiro atoms. The van der Waals surface area contributed by atoms with Gasteiger partial charge in [-0.05, 0) is 37.8 Å². The van der Waals surface area contributed by atoms with Crippen LogP contribution in [0.3, 0.4) is 0 Å². The number of benzene rings is 1. The molecule has 1 aliphatic heterocycles. The predicted molar refractivity (Wildman–Crippen MR) is 126 cm³/mol. The third-order valence-corrected chi connectivity index (χ3v) is 7.00. The highest BCUT2D eigenvalue weighted by Crippen LogP contribution is 2.29. The monoisotopic (exact) mass is 449 g/mol. The number of hydrogen-bond acceptors (Lipinski definition) is 5. The Kier molecular flexibility index (Phi) is 6.68. The molecule has 4 rings (SSSR count). The van der Waals surface area contributed by atoms with Crippen molar-refractivity contribution in [3.05, 3.63) is 53.3 Å². The lowest BCUT2D eigenvalue weighted by molar-refractivity contribution is -0.113. The zero-order valence-corrected chi connectivity index (χ0v) is 19.4. The molecule has 1 unspecified atom stereocenters. The number of nitriles is 1. The molecule has 1 aliphatic rings. The van der Waals surface area contributed by atoms with Gasteiger partial charge in [0.15, 0.2) is 5.16 Å². The van der Waals surface area contributed by atoms with Crippen LogP contribution >= 0.6 is 11.8 Å². The van der Waals surface area contributed by atoms with Gasteiger partial charge in [0.1, 0.15) is 11.9 Å². The number of aromatic nitrogens is 3. The van der Waals surface area contributed by atoms with Gasteiger partial charge in [0.2, 0.25) is 5.91 Å². The molecule has 1 amide bonds. The van der Waals surface area contributed by atoms with E-state index in [2.05, 4.69) is 16.4 Å². The lowest BCUT2D eigenvalue weighted by Crippen LogP contribution is -2.22. The summed E-state index contributed by atoms with van der Waals surface area (Å²) in [4.78, 5) is 17.3. The van der Waals surface area contributed by atoms with Gasteiger partial charge >= 0.3 is 0 Å². The molecule has 32 heavy (non-hydrogen) atoms. The maximum atomic E-state index is 12.8. The highest BCUT2D eigenvalue weighted by atomic mass is 32.2. The van der Waals surface area contributed by atoms with Crippen molar-refractivity contribution in [3.63, 3.8) is 0 Å². The van der Waals surface area contributed by atoms with Gasteiger partial charge in [-0.15, -0.1) is 0 Å². The summed E-state index contributed by atoms with van der Waals surface area (Å²) in [6.45, 7) is 5.30. The van der Waals surface area contributed by atoms with Crippen LogP contribution in [0.4, 0.5) is 5.82 Å². The van der Waals surface area contributed by atoms with Crippen molar-refractivity contribution in [1.29, 1.82) is 5.26 Å². The first-order valence-electron chi connectivity index (χ1n) is 10.7. The van der Waals surface area contributed by atoms with Crippen LogP contribution in [0.2, 0.25) is 0 Å². The van der Waals surface area contributed by atoms with Crippen LogP contribution in [-0.2, 0) is 23.1 Å². The zero-order chi connectivity index (χ0) is 22.7. The van der Waals surface area contributed by atoms with Gasteiger partial charge in [0.25, 0.3) is 0 Å². The molecule has 1 N–H and O–H groups in total. The summed E-state index contributed by atoms with van der Waals surface area (Å²) in [6.07, 6.45) is 3.97. The highest BCUT2D eigenvalue weighted by molar-refractivity contribution is 7.99. The first-order valence-corrected chi connectivity index (χ1v) is 11.7. The van der Waals surface area contributed by atoms with E-state index in [9.17, 15) is 10.1 Å². The Morgan fingerprint density at radius 2 is 2.12 bits per heavy atom. The first kappa shape index (κ1) is 22.2. The Morgan fingerprint density at radius 3 is 2.81 bits per heavy atom. The summed E-state index contributed by atoms with van der Waals surface area (Å²) in [6, 6.07) is 12.3. The molecule has 166 valence electrons. The molecule has 0 saturated carbocycles. The smallest absolute Gasteiger partial charge is 0.235 e. The standard InChI is InChI=1S/C24H27N5O2S/c1-16-17(2)29(14-19-10-7-11-31-19)23(20(16)12-25)27-22(30)15-32-24-26-13-21(28(24)3)18-8-5-4-6-9-18/h4-6,8-9,13,19H,7,10-11,14-15H2,1-3H3,(H,27,30). The molecule has 3 heterocycles. The van der Waals surface area contributed by atoms with Crippen LogP contribution in [0.25, 0.3) is 11.3 Å². The van der Waals surface area contributed by atoms with E-state index in [1.807, 2.05) is 66.6 Å². The Morgan fingerprint density at radius 1 is 1.34 bits per heavy atom. The molecule has 0 radical (unpaired) electrons. The number of amides is 1. The second kappa shape index (κ2) is 9.63. The quantitative estimate of drug-likeness (QED) is 0.544. The van der Waals surface area contributed by atoms with Crippen molar-refractivity contribution < 1.29 is 9.53 Å². The Bertz CT molecular complexity index is 1150. The van der Waals surface area contributed by atoms with Crippen LogP contribution in [0.1, 0.15) is 29.7 Å². The average molecular weight is 450 g/mol. The third kappa shape index (κ3) is 4.45. The normalized spacial score (nSPS) is 15.6. The SMILES string of the molecule is Cc1c(C#N)c(NC(=O)CSc2ncc(-c3ccccc3)n2C)n(CC2CCCO2)c1C. The lowest BCUT2D eigenvalue weighted by Gasteiger charge is -2.16. The highest BCUT2D eigenvalue weighted by Gasteiger charge is 2.24. The molecule has 1 aromatic carbocycles. The van der Waals surface area contributed by atoms with Crippen molar-refractivity contribution in [2.75, 3.05) is 17.7 Å². The van der Waals surface area contributed by atoms with E-state index in [1.54, 1.807) is 0 Å². The van der Waals surface area contributed by atoms with E-state index < -0.39 is 0 Å². The topological polar surface area (TPSA) is 84.9 Å². The largest absolute Gasteiger partial charge is 0.376 e. The minimum absolute atomic E-state index is 0.112. The molecule has 3 aromatic rings. The van der Waals surface area contributed by atoms with Crippen molar-refractivity contribution in [3.8, 4) is 17.3 Å². The van der Waals surface area contributed by atoms with Gasteiger partial charge in [-0.2, -0.15) is 5.26 Å². The summed E-state index contributed by atoms with van der Waals surface area (Å²) < 4.78 is 9.78. The summed E-state index contributed by atoms with van der Waals surface area (Å²) in [5, 5.41) is 13.4. The first-order chi connectivity index (χ1) is 15.5. The number of nitrogens with one attached hydrogen (secondary N) is 1. The molecule has 8 heteroatoms. The van der Waals surface area contributed by atoms with Crippen LogP contribution in [-0.4, -0.2) is 38.5 Å². The van der Waals surface area contributed by atoms with Gasteiger partial charge in [0, 0.05) is 19.3 Å². The Balaban J connectivity index is 1.47. The number of hydrogen-bond donors (Lipinski definition) is 1. The summed E-state index contributed by atoms with van der Waals surface area (Å²) >= 11 is 1.38. The van der Waals surface area contributed by atoms with E-state index >= 15 is 0 Å². The molecule has 7 nitrogen and oxygen atoms in total. The molecule has 1 atom stereocenters. The van der Waals surface area contributed by atoms with Crippen molar-refractivity contribution in [1.82, 2.24) is 14.1 Å². The van der Waals surface area contributed by atoms with Crippen LogP contribution < -0.4 is 5.32 Å². The van der Waals surface area contributed by atoms with Crippen molar-refractivity contribution in [2.45, 2.75) is 44.5 Å². The van der Waals surface area contributed by atoms with E-state index in [4.69, 9.17) is 4.74 Å². The maximum Gasteiger partial charge on any atom is 0.235 e. The van der Waals surface area contributed by atoms with E-state index in [0.29, 0.717) is 17.9 Å². The molecular weight excluding hydrogens is 422 g/mol. The Hall–Kier alpha value is -3.02. The van der Waals surface area contributed by atoms with E-state index in [-0.39, 0.29) is 17.8 Å². The van der Waals surface area contributed by atoms with Crippen LogP contribution in [0, 0.1) is 25.2 Å². The van der Waals surface area contributed by atoms with E-state index in [1.165, 1.54) is 11.8 Å². The van der Waals surface area contributed by atoms with Crippen LogP contribution in [0.15, 0.2) is 41.7 Å². The fourth-order valence-electron chi connectivity index (χ4n) is 4.05. The number of carbonyl (C=O) groups excluding carboxylic acids is 1. The summed E-state index contributed by atoms with van der Waals surface area (Å²) in [7, 11) is 1.95. The summed E-state index contributed by atoms with van der Waals surface area (Å²) in [5.74, 6) is 0.600. The number of thioether (sulfide) groups is 1. The molecule has 0 bridgehead atoms. The van der Waals surface area contributed by atoms with Gasteiger partial charge in [-0.1, -0.05) is 42.1 Å². The lowest BCUT2D eigenvalue weighted by atomic mass is 10.2. The maximum absolute atomic E-state index is 12.8. The van der Waals surface area contributed by atoms with Crippen molar-refractivity contribution in [2.24, 2.45) is 7.05 Å².